The summed E-state index contributed by atoms with van der Waals surface area (Å²) in [5.41, 5.74) is 2.37. The molecule has 0 unspecified atom stereocenters. The van der Waals surface area contributed by atoms with Crippen LogP contribution in [-0.2, 0) is 32.2 Å². The van der Waals surface area contributed by atoms with Gasteiger partial charge in [0.1, 0.15) is 0 Å². The van der Waals surface area contributed by atoms with Crippen molar-refractivity contribution in [1.29, 1.82) is 0 Å². The van der Waals surface area contributed by atoms with Crippen molar-refractivity contribution in [2.45, 2.75) is 57.9 Å². The monoisotopic (exact) mass is 422 g/mol. The van der Waals surface area contributed by atoms with Crippen molar-refractivity contribution in [2.24, 2.45) is 0 Å². The van der Waals surface area contributed by atoms with Crippen LogP contribution in [0.15, 0.2) is 85.0 Å². The van der Waals surface area contributed by atoms with Gasteiger partial charge in [0, 0.05) is 0 Å². The van der Waals surface area contributed by atoms with E-state index in [9.17, 15) is 0 Å². The van der Waals surface area contributed by atoms with Gasteiger partial charge in [-0.25, -0.2) is 0 Å². The van der Waals surface area contributed by atoms with Crippen LogP contribution in [0.3, 0.4) is 0 Å². The molecule has 0 spiro atoms. The largest absolute Gasteiger partial charge is 0.373 e. The summed E-state index contributed by atoms with van der Waals surface area (Å²) in [6, 6.07) is 20.4. The van der Waals surface area contributed by atoms with Crippen molar-refractivity contribution in [3.05, 3.63) is 96.1 Å². The summed E-state index contributed by atoms with van der Waals surface area (Å²) in [7, 11) is 0. The molecular formula is C27H34O4. The van der Waals surface area contributed by atoms with Crippen molar-refractivity contribution in [1.82, 2.24) is 0 Å². The zero-order valence-electron chi connectivity index (χ0n) is 18.6. The Morgan fingerprint density at radius 2 is 1.10 bits per heavy atom. The van der Waals surface area contributed by atoms with E-state index >= 15 is 0 Å². The normalized spacial score (nSPS) is 20.7. The Morgan fingerprint density at radius 1 is 0.677 bits per heavy atom. The van der Waals surface area contributed by atoms with Crippen molar-refractivity contribution >= 4 is 0 Å². The summed E-state index contributed by atoms with van der Waals surface area (Å²) < 4.78 is 23.6. The van der Waals surface area contributed by atoms with E-state index in [4.69, 9.17) is 18.9 Å². The molecule has 0 saturated carbocycles. The molecule has 4 heteroatoms. The van der Waals surface area contributed by atoms with E-state index in [0.717, 1.165) is 12.8 Å². The molecule has 31 heavy (non-hydrogen) atoms. The average molecular weight is 423 g/mol. The van der Waals surface area contributed by atoms with Gasteiger partial charge in [0.25, 0.3) is 0 Å². The van der Waals surface area contributed by atoms with Crippen LogP contribution in [0.5, 0.6) is 0 Å². The maximum atomic E-state index is 6.09. The molecule has 4 nitrogen and oxygen atoms in total. The Kier molecular flexibility index (Phi) is 9.50. The minimum atomic E-state index is -0.551. The first-order chi connectivity index (χ1) is 15.1. The molecule has 2 aromatic carbocycles. The molecule has 1 fully saturated rings. The maximum Gasteiger partial charge on any atom is 0.163 e. The maximum absolute atomic E-state index is 6.09. The third-order valence-corrected chi connectivity index (χ3v) is 5.01. The average Bonchev–Trinajstić information content (AvgIpc) is 3.08. The van der Waals surface area contributed by atoms with E-state index < -0.39 is 5.79 Å². The first-order valence-corrected chi connectivity index (χ1v) is 11.0. The fourth-order valence-electron chi connectivity index (χ4n) is 3.54. The molecule has 0 aliphatic carbocycles. The van der Waals surface area contributed by atoms with Crippen molar-refractivity contribution in [3.63, 3.8) is 0 Å². The fourth-order valence-corrected chi connectivity index (χ4v) is 3.54. The molecule has 3 rings (SSSR count). The second-order valence-corrected chi connectivity index (χ2v) is 8.13. The third-order valence-electron chi connectivity index (χ3n) is 5.01. The summed E-state index contributed by atoms with van der Waals surface area (Å²) in [4.78, 5) is 0. The number of ether oxygens (including phenoxy) is 4. The van der Waals surface area contributed by atoms with Gasteiger partial charge in [-0.15, -0.1) is 0 Å². The van der Waals surface area contributed by atoms with Gasteiger partial charge < -0.3 is 18.9 Å². The van der Waals surface area contributed by atoms with Gasteiger partial charge >= 0.3 is 0 Å². The van der Waals surface area contributed by atoms with Gasteiger partial charge in [-0.1, -0.05) is 85.0 Å². The standard InChI is InChI=1S/C27H34O4/c1-27(2)30-25(17-9-11-19-28-21-23-13-5-3-6-14-23)26(31-27)18-10-12-20-29-22-24-15-7-4-8-16-24/h3-16,25-26H,17-22H2,1-2H3/b11-9+,12-10+/t25-,26-/m0/s1. The highest BCUT2D eigenvalue weighted by Gasteiger charge is 2.39. The third kappa shape index (κ3) is 8.80. The van der Waals surface area contributed by atoms with Crippen LogP contribution < -0.4 is 0 Å². The van der Waals surface area contributed by atoms with Gasteiger partial charge in [-0.3, -0.25) is 0 Å². The predicted molar refractivity (Wildman–Crippen MR) is 124 cm³/mol. The zero-order valence-corrected chi connectivity index (χ0v) is 18.6. The highest BCUT2D eigenvalue weighted by Crippen LogP contribution is 2.32. The molecule has 1 heterocycles. The predicted octanol–water partition coefficient (Wildman–Crippen LogP) is 5.83. The molecule has 1 saturated heterocycles. The van der Waals surface area contributed by atoms with E-state index in [0.29, 0.717) is 26.4 Å². The number of hydrogen-bond donors (Lipinski definition) is 0. The van der Waals surface area contributed by atoms with Crippen LogP contribution in [0.2, 0.25) is 0 Å². The second kappa shape index (κ2) is 12.6. The van der Waals surface area contributed by atoms with Crippen LogP contribution in [0.25, 0.3) is 0 Å². The van der Waals surface area contributed by atoms with E-state index in [1.54, 1.807) is 0 Å². The zero-order chi connectivity index (χ0) is 21.8. The van der Waals surface area contributed by atoms with Crippen LogP contribution >= 0.6 is 0 Å². The molecule has 0 bridgehead atoms. The highest BCUT2D eigenvalue weighted by atomic mass is 16.7. The Morgan fingerprint density at radius 3 is 1.52 bits per heavy atom. The van der Waals surface area contributed by atoms with Crippen LogP contribution in [0.1, 0.15) is 37.8 Å². The summed E-state index contributed by atoms with van der Waals surface area (Å²) in [6.07, 6.45) is 10.1. The van der Waals surface area contributed by atoms with E-state index in [-0.39, 0.29) is 12.2 Å². The minimum absolute atomic E-state index is 0.0373. The van der Waals surface area contributed by atoms with Crippen LogP contribution in [-0.4, -0.2) is 31.2 Å². The molecule has 0 N–H and O–H groups in total. The van der Waals surface area contributed by atoms with Crippen LogP contribution in [0.4, 0.5) is 0 Å². The van der Waals surface area contributed by atoms with Gasteiger partial charge in [-0.05, 0) is 37.8 Å². The van der Waals surface area contributed by atoms with Gasteiger partial charge in [0.15, 0.2) is 5.79 Å². The SMILES string of the molecule is CC1(C)O[C@@H](C/C=C/COCc2ccccc2)[C@H](C/C=C/COCc2ccccc2)O1. The van der Waals surface area contributed by atoms with Gasteiger partial charge in [-0.2, -0.15) is 0 Å². The van der Waals surface area contributed by atoms with E-state index in [1.807, 2.05) is 50.2 Å². The smallest absolute Gasteiger partial charge is 0.163 e. The lowest BCUT2D eigenvalue weighted by Crippen LogP contribution is -2.21. The second-order valence-electron chi connectivity index (χ2n) is 8.13. The summed E-state index contributed by atoms with van der Waals surface area (Å²) in [5.74, 6) is -0.551. The summed E-state index contributed by atoms with van der Waals surface area (Å²) in [6.45, 7) is 6.38. The Hall–Kier alpha value is -2.24. The molecule has 166 valence electrons. The van der Waals surface area contributed by atoms with E-state index in [2.05, 4.69) is 48.6 Å². The molecule has 1 aliphatic heterocycles. The van der Waals surface area contributed by atoms with E-state index in [1.165, 1.54) is 11.1 Å². The molecular weight excluding hydrogens is 388 g/mol. The number of rotatable bonds is 12. The first kappa shape index (κ1) is 23.4. The molecule has 0 radical (unpaired) electrons. The Labute approximate surface area is 186 Å². The molecule has 0 aromatic heterocycles. The van der Waals surface area contributed by atoms with Crippen molar-refractivity contribution < 1.29 is 18.9 Å². The Bertz CT molecular complexity index is 731. The highest BCUT2D eigenvalue weighted by molar-refractivity contribution is 5.14. The molecule has 2 atom stereocenters. The fraction of sp³-hybridized carbons (Fsp3) is 0.407. The summed E-state index contributed by atoms with van der Waals surface area (Å²) in [5, 5.41) is 0. The molecule has 0 amide bonds. The van der Waals surface area contributed by atoms with Gasteiger partial charge in [0.2, 0.25) is 0 Å². The lowest BCUT2D eigenvalue weighted by molar-refractivity contribution is -0.145. The minimum Gasteiger partial charge on any atom is -0.373 e. The lowest BCUT2D eigenvalue weighted by Gasteiger charge is -2.16. The van der Waals surface area contributed by atoms with Crippen LogP contribution in [0, 0.1) is 0 Å². The van der Waals surface area contributed by atoms with Gasteiger partial charge in [0.05, 0.1) is 38.6 Å². The molecule has 2 aromatic rings. The topological polar surface area (TPSA) is 36.9 Å². The lowest BCUT2D eigenvalue weighted by atomic mass is 10.1. The van der Waals surface area contributed by atoms with Crippen molar-refractivity contribution in [3.8, 4) is 0 Å². The summed E-state index contributed by atoms with van der Waals surface area (Å²) >= 11 is 0. The number of benzene rings is 2. The number of hydrogen-bond acceptors (Lipinski definition) is 4. The Balaban J connectivity index is 1.34. The molecule has 1 aliphatic rings. The first-order valence-electron chi connectivity index (χ1n) is 11.0. The quantitative estimate of drug-likeness (QED) is 0.318. The van der Waals surface area contributed by atoms with Crippen molar-refractivity contribution in [2.75, 3.05) is 13.2 Å².